The van der Waals surface area contributed by atoms with Crippen LogP contribution in [0.2, 0.25) is 0 Å². The Hall–Kier alpha value is -4.90. The van der Waals surface area contributed by atoms with Crippen LogP contribution in [0.3, 0.4) is 0 Å². The molecule has 1 N–H and O–H groups in total. The first-order chi connectivity index (χ1) is 17.1. The van der Waals surface area contributed by atoms with E-state index in [-0.39, 0.29) is 6.61 Å². The lowest BCUT2D eigenvalue weighted by Crippen LogP contribution is -2.26. The average molecular weight is 469 g/mol. The van der Waals surface area contributed by atoms with Crippen molar-refractivity contribution in [3.8, 4) is 17.6 Å². The van der Waals surface area contributed by atoms with Crippen molar-refractivity contribution in [2.45, 2.75) is 0 Å². The van der Waals surface area contributed by atoms with E-state index in [2.05, 4.69) is 10.5 Å². The molecule has 3 rings (SSSR count). The Labute approximate surface area is 203 Å². The van der Waals surface area contributed by atoms with Crippen LogP contribution < -0.4 is 14.9 Å². The van der Waals surface area contributed by atoms with E-state index in [4.69, 9.17) is 19.5 Å². The van der Waals surface area contributed by atoms with Crippen molar-refractivity contribution in [2.75, 3.05) is 20.3 Å². The van der Waals surface area contributed by atoms with Crippen molar-refractivity contribution in [3.05, 3.63) is 102 Å². The highest BCUT2D eigenvalue weighted by molar-refractivity contribution is 6.13. The zero-order valence-electron chi connectivity index (χ0n) is 19.0. The third kappa shape index (κ3) is 7.58. The number of carbonyl (C=O) groups excluding carboxylic acids is 2. The second kappa shape index (κ2) is 13.0. The van der Waals surface area contributed by atoms with Crippen LogP contribution >= 0.6 is 0 Å². The second-order valence-corrected chi connectivity index (χ2v) is 7.03. The van der Waals surface area contributed by atoms with Crippen LogP contribution in [0.15, 0.2) is 90.0 Å². The van der Waals surface area contributed by atoms with Crippen molar-refractivity contribution in [1.29, 1.82) is 5.26 Å². The minimum atomic E-state index is -0.695. The first-order valence-corrected chi connectivity index (χ1v) is 10.6. The molecule has 0 bridgehead atoms. The first kappa shape index (κ1) is 24.7. The molecule has 0 aliphatic carbocycles. The van der Waals surface area contributed by atoms with E-state index >= 15 is 0 Å². The van der Waals surface area contributed by atoms with Crippen LogP contribution in [-0.4, -0.2) is 37.9 Å². The highest BCUT2D eigenvalue weighted by Crippen LogP contribution is 2.28. The lowest BCUT2D eigenvalue weighted by Gasteiger charge is -2.09. The van der Waals surface area contributed by atoms with Gasteiger partial charge in [-0.1, -0.05) is 66.7 Å². The SMILES string of the molecule is COc1cc(/C=C/C(=O)OCC(=O)NN=C(c2ccccc2)c2ccccc2)ccc1OCC#N. The van der Waals surface area contributed by atoms with Crippen molar-refractivity contribution in [2.24, 2.45) is 5.10 Å². The average Bonchev–Trinajstić information content (AvgIpc) is 2.91. The largest absolute Gasteiger partial charge is 0.493 e. The molecule has 0 heterocycles. The number of nitriles is 1. The summed E-state index contributed by atoms with van der Waals surface area (Å²) in [4.78, 5) is 24.3. The summed E-state index contributed by atoms with van der Waals surface area (Å²) >= 11 is 0. The Bertz CT molecular complexity index is 1210. The summed E-state index contributed by atoms with van der Waals surface area (Å²) < 4.78 is 15.5. The van der Waals surface area contributed by atoms with Crippen LogP contribution in [0.25, 0.3) is 6.08 Å². The summed E-state index contributed by atoms with van der Waals surface area (Å²) in [5.41, 5.74) is 5.34. The molecule has 0 spiro atoms. The lowest BCUT2D eigenvalue weighted by atomic mass is 10.0. The number of esters is 1. The molecular weight excluding hydrogens is 446 g/mol. The van der Waals surface area contributed by atoms with Crippen LogP contribution in [0.5, 0.6) is 11.5 Å². The Kier molecular flexibility index (Phi) is 9.16. The van der Waals surface area contributed by atoms with Gasteiger partial charge in [0.1, 0.15) is 6.07 Å². The van der Waals surface area contributed by atoms with Crippen molar-refractivity contribution in [1.82, 2.24) is 5.43 Å². The maximum Gasteiger partial charge on any atom is 0.331 e. The maximum absolute atomic E-state index is 12.2. The summed E-state index contributed by atoms with van der Waals surface area (Å²) in [5, 5.41) is 12.9. The van der Waals surface area contributed by atoms with Crippen LogP contribution in [0.1, 0.15) is 16.7 Å². The highest BCUT2D eigenvalue weighted by atomic mass is 16.5. The third-order valence-corrected chi connectivity index (χ3v) is 4.62. The fourth-order valence-corrected chi connectivity index (χ4v) is 3.00. The lowest BCUT2D eigenvalue weighted by molar-refractivity contribution is -0.143. The molecule has 176 valence electrons. The number of methoxy groups -OCH3 is 1. The second-order valence-electron chi connectivity index (χ2n) is 7.03. The molecule has 8 heteroatoms. The minimum absolute atomic E-state index is 0.109. The number of hydrazone groups is 1. The summed E-state index contributed by atoms with van der Waals surface area (Å²) in [6.45, 7) is -0.601. The van der Waals surface area contributed by atoms with Gasteiger partial charge in [-0.25, -0.2) is 10.2 Å². The fraction of sp³-hybridized carbons (Fsp3) is 0.111. The van der Waals surface area contributed by atoms with E-state index in [1.807, 2.05) is 66.7 Å². The number of hydrogen-bond donors (Lipinski definition) is 1. The smallest absolute Gasteiger partial charge is 0.331 e. The van der Waals surface area contributed by atoms with E-state index in [1.165, 1.54) is 19.3 Å². The molecule has 0 unspecified atom stereocenters. The van der Waals surface area contributed by atoms with Crippen molar-refractivity contribution >= 4 is 23.7 Å². The molecule has 8 nitrogen and oxygen atoms in total. The van der Waals surface area contributed by atoms with E-state index in [9.17, 15) is 9.59 Å². The van der Waals surface area contributed by atoms with Gasteiger partial charge in [0, 0.05) is 17.2 Å². The summed E-state index contributed by atoms with van der Waals surface area (Å²) in [6, 6.07) is 25.7. The first-order valence-electron chi connectivity index (χ1n) is 10.6. The molecule has 0 radical (unpaired) electrons. The molecule has 3 aromatic rings. The van der Waals surface area contributed by atoms with Crippen molar-refractivity contribution in [3.63, 3.8) is 0 Å². The molecule has 0 aromatic heterocycles. The number of ether oxygens (including phenoxy) is 3. The summed E-state index contributed by atoms with van der Waals surface area (Å²) in [7, 11) is 1.47. The Morgan fingerprint density at radius 3 is 2.23 bits per heavy atom. The predicted octanol–water partition coefficient (Wildman–Crippen LogP) is 3.72. The van der Waals surface area contributed by atoms with Gasteiger partial charge >= 0.3 is 5.97 Å². The molecule has 0 aliphatic rings. The molecule has 35 heavy (non-hydrogen) atoms. The highest BCUT2D eigenvalue weighted by Gasteiger charge is 2.09. The predicted molar refractivity (Wildman–Crippen MR) is 131 cm³/mol. The van der Waals surface area contributed by atoms with Crippen molar-refractivity contribution < 1.29 is 23.8 Å². The number of nitrogens with one attached hydrogen (secondary N) is 1. The summed E-state index contributed by atoms with van der Waals surface area (Å²) in [5.74, 6) is -0.437. The van der Waals surface area contributed by atoms with Gasteiger partial charge in [-0.15, -0.1) is 0 Å². The van der Waals surface area contributed by atoms with Crippen LogP contribution in [0.4, 0.5) is 0 Å². The molecule has 0 fully saturated rings. The van der Waals surface area contributed by atoms with Gasteiger partial charge in [-0.05, 0) is 23.8 Å². The van der Waals surface area contributed by atoms with Gasteiger partial charge in [0.2, 0.25) is 0 Å². The topological polar surface area (TPSA) is 110 Å². The molecule has 0 aliphatic heterocycles. The molecular formula is C27H23N3O5. The molecule has 1 amide bonds. The van der Waals surface area contributed by atoms with Gasteiger partial charge in [0.15, 0.2) is 24.7 Å². The number of rotatable bonds is 10. The quantitative estimate of drug-likeness (QED) is 0.210. The minimum Gasteiger partial charge on any atom is -0.493 e. The Morgan fingerprint density at radius 1 is 0.971 bits per heavy atom. The van der Waals surface area contributed by atoms with Crippen LogP contribution in [0, 0.1) is 11.3 Å². The number of hydrogen-bond acceptors (Lipinski definition) is 7. The van der Waals surface area contributed by atoms with E-state index in [0.29, 0.717) is 22.8 Å². The monoisotopic (exact) mass is 469 g/mol. The molecule has 0 saturated carbocycles. The maximum atomic E-state index is 12.2. The van der Waals surface area contributed by atoms with Gasteiger partial charge in [-0.3, -0.25) is 4.79 Å². The van der Waals surface area contributed by atoms with Gasteiger partial charge in [0.25, 0.3) is 5.91 Å². The van der Waals surface area contributed by atoms with Gasteiger partial charge < -0.3 is 14.2 Å². The van der Waals surface area contributed by atoms with Gasteiger partial charge in [-0.2, -0.15) is 10.4 Å². The molecule has 3 aromatic carbocycles. The normalized spacial score (nSPS) is 10.2. The fourth-order valence-electron chi connectivity index (χ4n) is 3.00. The Morgan fingerprint density at radius 2 is 1.63 bits per heavy atom. The number of benzene rings is 3. The van der Waals surface area contributed by atoms with Crippen LogP contribution in [-0.2, 0) is 14.3 Å². The zero-order valence-corrected chi connectivity index (χ0v) is 19.0. The van der Waals surface area contributed by atoms with E-state index in [0.717, 1.165) is 11.1 Å². The summed E-state index contributed by atoms with van der Waals surface area (Å²) in [6.07, 6.45) is 2.71. The Balaban J connectivity index is 1.58. The van der Waals surface area contributed by atoms with E-state index < -0.39 is 18.5 Å². The number of nitrogens with zero attached hydrogens (tertiary/aromatic N) is 2. The molecule has 0 saturated heterocycles. The van der Waals surface area contributed by atoms with Gasteiger partial charge in [0.05, 0.1) is 12.8 Å². The standard InChI is InChI=1S/C27H23N3O5/c1-33-24-18-20(12-14-23(24)34-17-16-28)13-15-26(32)35-19-25(31)29-30-27(21-8-4-2-5-9-21)22-10-6-3-7-11-22/h2-15,18H,17,19H2,1H3,(H,29,31)/b15-13+. The molecule has 0 atom stereocenters. The zero-order chi connectivity index (χ0) is 24.9. The number of amides is 1. The third-order valence-electron chi connectivity index (χ3n) is 4.62. The number of carbonyl (C=O) groups is 2. The van der Waals surface area contributed by atoms with E-state index in [1.54, 1.807) is 18.2 Å².